The number of rotatable bonds is 3. The van der Waals surface area contributed by atoms with Crippen molar-refractivity contribution in [2.45, 2.75) is 24.3 Å². The Hall–Kier alpha value is -1.60. The van der Waals surface area contributed by atoms with Crippen LogP contribution in [0.3, 0.4) is 0 Å². The van der Waals surface area contributed by atoms with Crippen molar-refractivity contribution in [3.05, 3.63) is 24.3 Å². The Morgan fingerprint density at radius 2 is 2.21 bits per heavy atom. The van der Waals surface area contributed by atoms with Gasteiger partial charge in [0, 0.05) is 13.1 Å². The number of amides is 1. The zero-order valence-corrected chi connectivity index (χ0v) is 11.4. The molecule has 1 amide bonds. The van der Waals surface area contributed by atoms with Crippen LogP contribution in [0.1, 0.15) is 13.3 Å². The van der Waals surface area contributed by atoms with Crippen LogP contribution in [0.5, 0.6) is 5.75 Å². The molecule has 2 rings (SSSR count). The summed E-state index contributed by atoms with van der Waals surface area (Å²) in [6.07, 6.45) is 0.407. The summed E-state index contributed by atoms with van der Waals surface area (Å²) in [6, 6.07) is 4.77. The van der Waals surface area contributed by atoms with Crippen LogP contribution in [-0.4, -0.2) is 42.9 Å². The molecule has 104 valence electrons. The largest absolute Gasteiger partial charge is 0.508 e. The highest BCUT2D eigenvalue weighted by Crippen LogP contribution is 2.23. The molecular weight excluding hydrogens is 268 g/mol. The minimum Gasteiger partial charge on any atom is -0.508 e. The second-order valence-electron chi connectivity index (χ2n) is 4.33. The van der Waals surface area contributed by atoms with Gasteiger partial charge in [0.05, 0.1) is 4.90 Å². The molecule has 2 N–H and O–H groups in total. The molecule has 1 unspecified atom stereocenters. The van der Waals surface area contributed by atoms with Crippen molar-refractivity contribution in [1.29, 1.82) is 0 Å². The van der Waals surface area contributed by atoms with Crippen LogP contribution in [0.15, 0.2) is 29.2 Å². The summed E-state index contributed by atoms with van der Waals surface area (Å²) >= 11 is 0. The molecule has 0 saturated carbocycles. The third-order valence-corrected chi connectivity index (χ3v) is 5.00. The number of aromatic hydroxyl groups is 1. The maximum absolute atomic E-state index is 12.5. The number of carbonyl (C=O) groups excluding carboxylic acids is 1. The zero-order chi connectivity index (χ0) is 14.0. The summed E-state index contributed by atoms with van der Waals surface area (Å²) in [6.45, 7) is 2.30. The third kappa shape index (κ3) is 2.57. The summed E-state index contributed by atoms with van der Waals surface area (Å²) in [5.74, 6) is -0.395. The molecule has 0 aromatic heterocycles. The number of carbonyl (C=O) groups is 1. The highest BCUT2D eigenvalue weighted by atomic mass is 32.2. The van der Waals surface area contributed by atoms with Gasteiger partial charge in [-0.25, -0.2) is 8.42 Å². The van der Waals surface area contributed by atoms with Gasteiger partial charge < -0.3 is 10.4 Å². The Balaban J connectivity index is 2.40. The average Bonchev–Trinajstić information content (AvgIpc) is 2.38. The number of sulfonamides is 1. The summed E-state index contributed by atoms with van der Waals surface area (Å²) in [7, 11) is -3.77. The SMILES string of the molecule is CCC1C(=O)NCCN1S(=O)(=O)c1cccc(O)c1. The molecule has 0 aliphatic carbocycles. The van der Waals surface area contributed by atoms with Crippen molar-refractivity contribution in [2.75, 3.05) is 13.1 Å². The van der Waals surface area contributed by atoms with E-state index in [1.807, 2.05) is 0 Å². The molecule has 7 heteroatoms. The quantitative estimate of drug-likeness (QED) is 0.835. The van der Waals surface area contributed by atoms with E-state index in [0.717, 1.165) is 0 Å². The first kappa shape index (κ1) is 13.8. The third-order valence-electron chi connectivity index (χ3n) is 3.09. The fourth-order valence-corrected chi connectivity index (χ4v) is 3.85. The van der Waals surface area contributed by atoms with Crippen LogP contribution in [-0.2, 0) is 14.8 Å². The monoisotopic (exact) mass is 284 g/mol. The van der Waals surface area contributed by atoms with E-state index in [-0.39, 0.29) is 23.1 Å². The van der Waals surface area contributed by atoms with Gasteiger partial charge in [0.2, 0.25) is 15.9 Å². The van der Waals surface area contributed by atoms with Gasteiger partial charge in [-0.3, -0.25) is 4.79 Å². The molecular formula is C12H16N2O4S. The number of nitrogens with one attached hydrogen (secondary N) is 1. The first-order valence-corrected chi connectivity index (χ1v) is 7.49. The normalized spacial score (nSPS) is 21.1. The number of hydrogen-bond acceptors (Lipinski definition) is 4. The molecule has 1 aliphatic heterocycles. The number of piperazine rings is 1. The van der Waals surface area contributed by atoms with Gasteiger partial charge in [-0.2, -0.15) is 4.31 Å². The highest BCUT2D eigenvalue weighted by Gasteiger charge is 2.37. The average molecular weight is 284 g/mol. The molecule has 0 bridgehead atoms. The topological polar surface area (TPSA) is 86.7 Å². The molecule has 0 spiro atoms. The van der Waals surface area contributed by atoms with Crippen LogP contribution in [0.2, 0.25) is 0 Å². The number of benzene rings is 1. The van der Waals surface area contributed by atoms with Crippen molar-refractivity contribution < 1.29 is 18.3 Å². The highest BCUT2D eigenvalue weighted by molar-refractivity contribution is 7.89. The van der Waals surface area contributed by atoms with Gasteiger partial charge in [-0.1, -0.05) is 13.0 Å². The van der Waals surface area contributed by atoms with Crippen LogP contribution in [0.4, 0.5) is 0 Å². The van der Waals surface area contributed by atoms with Gasteiger partial charge in [0.1, 0.15) is 11.8 Å². The maximum atomic E-state index is 12.5. The van der Waals surface area contributed by atoms with E-state index in [9.17, 15) is 18.3 Å². The lowest BCUT2D eigenvalue weighted by Crippen LogP contribution is -2.56. The van der Waals surface area contributed by atoms with Crippen LogP contribution in [0.25, 0.3) is 0 Å². The van der Waals surface area contributed by atoms with E-state index in [2.05, 4.69) is 5.32 Å². The summed E-state index contributed by atoms with van der Waals surface area (Å²) < 4.78 is 26.2. The van der Waals surface area contributed by atoms with Crippen LogP contribution in [0, 0.1) is 0 Å². The molecule has 1 atom stereocenters. The van der Waals surface area contributed by atoms with Crippen molar-refractivity contribution in [2.24, 2.45) is 0 Å². The molecule has 1 saturated heterocycles. The van der Waals surface area contributed by atoms with E-state index >= 15 is 0 Å². The van der Waals surface area contributed by atoms with Gasteiger partial charge >= 0.3 is 0 Å². The smallest absolute Gasteiger partial charge is 0.243 e. The zero-order valence-electron chi connectivity index (χ0n) is 10.5. The Kier molecular flexibility index (Phi) is 3.77. The van der Waals surface area contributed by atoms with Gasteiger partial charge in [0.25, 0.3) is 0 Å². The first-order chi connectivity index (χ1) is 8.96. The molecule has 1 heterocycles. The molecule has 0 radical (unpaired) electrons. The Morgan fingerprint density at radius 3 is 2.84 bits per heavy atom. The lowest BCUT2D eigenvalue weighted by Gasteiger charge is -2.33. The molecule has 1 fully saturated rings. The van der Waals surface area contributed by atoms with Gasteiger partial charge in [0.15, 0.2) is 0 Å². The van der Waals surface area contributed by atoms with E-state index in [1.54, 1.807) is 6.92 Å². The Labute approximate surface area is 112 Å². The van der Waals surface area contributed by atoms with Crippen molar-refractivity contribution in [3.8, 4) is 5.75 Å². The second kappa shape index (κ2) is 5.18. The lowest BCUT2D eigenvalue weighted by molar-refractivity contribution is -0.126. The van der Waals surface area contributed by atoms with Crippen molar-refractivity contribution in [3.63, 3.8) is 0 Å². The standard InChI is InChI=1S/C12H16N2O4S/c1-2-11-12(16)13-6-7-14(11)19(17,18)10-5-3-4-9(15)8-10/h3-5,8,11,15H,2,6-7H2,1H3,(H,13,16). The van der Waals surface area contributed by atoms with E-state index < -0.39 is 16.1 Å². The number of nitrogens with zero attached hydrogens (tertiary/aromatic N) is 1. The predicted molar refractivity (Wildman–Crippen MR) is 69.1 cm³/mol. The van der Waals surface area contributed by atoms with Crippen LogP contribution < -0.4 is 5.32 Å². The van der Waals surface area contributed by atoms with Crippen LogP contribution >= 0.6 is 0 Å². The number of hydrogen-bond donors (Lipinski definition) is 2. The summed E-state index contributed by atoms with van der Waals surface area (Å²) in [4.78, 5) is 11.7. The van der Waals surface area contributed by atoms with E-state index in [4.69, 9.17) is 0 Å². The minimum absolute atomic E-state index is 0.000602. The van der Waals surface area contributed by atoms with E-state index in [0.29, 0.717) is 13.0 Å². The van der Waals surface area contributed by atoms with E-state index in [1.165, 1.54) is 28.6 Å². The maximum Gasteiger partial charge on any atom is 0.243 e. The minimum atomic E-state index is -3.77. The molecule has 19 heavy (non-hydrogen) atoms. The lowest BCUT2D eigenvalue weighted by atomic mass is 10.2. The van der Waals surface area contributed by atoms with Crippen molar-refractivity contribution >= 4 is 15.9 Å². The second-order valence-corrected chi connectivity index (χ2v) is 6.22. The van der Waals surface area contributed by atoms with Crippen molar-refractivity contribution in [1.82, 2.24) is 9.62 Å². The number of phenolic OH excluding ortho intramolecular Hbond substituents is 1. The summed E-state index contributed by atoms with van der Waals surface area (Å²) in [5.41, 5.74) is 0. The van der Waals surface area contributed by atoms with Gasteiger partial charge in [-0.05, 0) is 24.6 Å². The fourth-order valence-electron chi connectivity index (χ4n) is 2.15. The molecule has 1 aromatic rings. The molecule has 1 aliphatic rings. The van der Waals surface area contributed by atoms with Gasteiger partial charge in [-0.15, -0.1) is 0 Å². The Bertz CT molecular complexity index is 585. The summed E-state index contributed by atoms with van der Waals surface area (Å²) in [5, 5.41) is 12.0. The molecule has 6 nitrogen and oxygen atoms in total. The fraction of sp³-hybridized carbons (Fsp3) is 0.417. The Morgan fingerprint density at radius 1 is 1.47 bits per heavy atom. The number of phenols is 1. The predicted octanol–water partition coefficient (Wildman–Crippen LogP) is 0.291. The first-order valence-electron chi connectivity index (χ1n) is 6.05. The molecule has 1 aromatic carbocycles.